The second-order valence-corrected chi connectivity index (χ2v) is 8.66. The number of hydrogen-bond donors (Lipinski definition) is 0. The first kappa shape index (κ1) is 21.4. The fraction of sp³-hybridized carbons (Fsp3) is 0.357. The lowest BCUT2D eigenvalue weighted by Gasteiger charge is -2.09. The van der Waals surface area contributed by atoms with Gasteiger partial charge in [0.15, 0.2) is 6.29 Å². The highest BCUT2D eigenvalue weighted by molar-refractivity contribution is 5.34. The third kappa shape index (κ3) is 6.75. The molecule has 0 amide bonds. The normalized spacial score (nSPS) is 19.1. The molecule has 3 aromatic rings. The van der Waals surface area contributed by atoms with Crippen LogP contribution < -0.4 is 0 Å². The Hall–Kier alpha value is -2.50. The van der Waals surface area contributed by atoms with Gasteiger partial charge in [0.25, 0.3) is 0 Å². The molecular weight excluding hydrogens is 400 g/mol. The van der Waals surface area contributed by atoms with Crippen LogP contribution in [0, 0.1) is 0 Å². The van der Waals surface area contributed by atoms with Gasteiger partial charge in [0.2, 0.25) is 0 Å². The van der Waals surface area contributed by atoms with Gasteiger partial charge >= 0.3 is 0 Å². The van der Waals surface area contributed by atoms with Crippen LogP contribution in [-0.4, -0.2) is 38.8 Å². The van der Waals surface area contributed by atoms with Crippen molar-refractivity contribution in [3.63, 3.8) is 0 Å². The second kappa shape index (κ2) is 10.4. The van der Waals surface area contributed by atoms with Crippen molar-refractivity contribution in [3.05, 3.63) is 106 Å². The molecule has 0 aromatic heterocycles. The number of epoxide rings is 2. The van der Waals surface area contributed by atoms with Crippen molar-refractivity contribution < 1.29 is 18.9 Å². The van der Waals surface area contributed by atoms with E-state index in [0.717, 1.165) is 32.5 Å². The molecule has 2 heterocycles. The van der Waals surface area contributed by atoms with Gasteiger partial charge in [-0.05, 0) is 52.6 Å². The van der Waals surface area contributed by atoms with Gasteiger partial charge in [0.05, 0.1) is 26.4 Å². The molecule has 166 valence electrons. The lowest BCUT2D eigenvalue weighted by Crippen LogP contribution is -2.02. The van der Waals surface area contributed by atoms with Gasteiger partial charge in [0.1, 0.15) is 12.7 Å². The van der Waals surface area contributed by atoms with Crippen molar-refractivity contribution >= 4 is 0 Å². The molecule has 4 heteroatoms. The predicted octanol–water partition coefficient (Wildman–Crippen LogP) is 4.70. The first-order chi connectivity index (χ1) is 15.8. The zero-order chi connectivity index (χ0) is 21.6. The van der Waals surface area contributed by atoms with E-state index >= 15 is 0 Å². The van der Waals surface area contributed by atoms with Gasteiger partial charge in [0, 0.05) is 0 Å². The van der Waals surface area contributed by atoms with Crippen LogP contribution in [0.2, 0.25) is 0 Å². The van der Waals surface area contributed by atoms with Crippen LogP contribution in [0.1, 0.15) is 33.4 Å². The van der Waals surface area contributed by atoms with E-state index < -0.39 is 0 Å². The molecule has 0 N–H and O–H groups in total. The molecule has 2 saturated heterocycles. The van der Waals surface area contributed by atoms with Crippen molar-refractivity contribution in [2.45, 2.75) is 38.3 Å². The molecule has 5 rings (SSSR count). The maximum Gasteiger partial charge on any atom is 0.181 e. The Kier molecular flexibility index (Phi) is 6.95. The fourth-order valence-corrected chi connectivity index (χ4v) is 3.89. The minimum absolute atomic E-state index is 0.0415. The predicted molar refractivity (Wildman–Crippen MR) is 124 cm³/mol. The third-order valence-electron chi connectivity index (χ3n) is 5.79. The Morgan fingerprint density at radius 3 is 1.94 bits per heavy atom. The van der Waals surface area contributed by atoms with Gasteiger partial charge in [-0.1, -0.05) is 72.8 Å². The van der Waals surface area contributed by atoms with Crippen LogP contribution in [-0.2, 0) is 44.8 Å². The standard InChI is InChI=1S/C28H30O4/c1-3-23(13-22-9-7-21(8-10-22)11-12-30-28-20-32-28)14-24(4-1)15-25-5-2-6-26(16-25)17-29-18-27-19-31-27/h1-10,14,16,27-28H,11-13,15,17-20H2. The van der Waals surface area contributed by atoms with Crippen LogP contribution in [0.3, 0.4) is 0 Å². The SMILES string of the molecule is c1cc(COCC2CO2)cc(Cc2cccc(Cc3ccc(CCOC4CO4)cc3)c2)c1. The van der Waals surface area contributed by atoms with E-state index in [9.17, 15) is 0 Å². The van der Waals surface area contributed by atoms with Crippen LogP contribution >= 0.6 is 0 Å². The highest BCUT2D eigenvalue weighted by Gasteiger charge is 2.22. The lowest BCUT2D eigenvalue weighted by molar-refractivity contribution is 0.0523. The Balaban J connectivity index is 1.14. The minimum Gasteiger partial charge on any atom is -0.374 e. The van der Waals surface area contributed by atoms with Crippen LogP contribution in [0.15, 0.2) is 72.8 Å². The maximum absolute atomic E-state index is 5.74. The van der Waals surface area contributed by atoms with Gasteiger partial charge in [-0.2, -0.15) is 0 Å². The van der Waals surface area contributed by atoms with Crippen molar-refractivity contribution in [3.8, 4) is 0 Å². The summed E-state index contributed by atoms with van der Waals surface area (Å²) in [6.07, 6.45) is 3.15. The van der Waals surface area contributed by atoms with E-state index in [1.807, 2.05) is 0 Å². The minimum atomic E-state index is 0.0415. The summed E-state index contributed by atoms with van der Waals surface area (Å²) in [5.41, 5.74) is 7.84. The summed E-state index contributed by atoms with van der Waals surface area (Å²) in [6, 6.07) is 26.5. The summed E-state index contributed by atoms with van der Waals surface area (Å²) in [5.74, 6) is 0. The molecule has 3 aromatic carbocycles. The first-order valence-electron chi connectivity index (χ1n) is 11.5. The molecule has 0 bridgehead atoms. The monoisotopic (exact) mass is 430 g/mol. The molecule has 0 spiro atoms. The van der Waals surface area contributed by atoms with E-state index in [2.05, 4.69) is 72.8 Å². The Morgan fingerprint density at radius 2 is 1.28 bits per heavy atom. The average molecular weight is 431 g/mol. The lowest BCUT2D eigenvalue weighted by atomic mass is 9.98. The van der Waals surface area contributed by atoms with Crippen LogP contribution in [0.25, 0.3) is 0 Å². The third-order valence-corrected chi connectivity index (χ3v) is 5.79. The quantitative estimate of drug-likeness (QED) is 0.391. The van der Waals surface area contributed by atoms with Gasteiger partial charge < -0.3 is 18.9 Å². The highest BCUT2D eigenvalue weighted by atomic mass is 16.8. The summed E-state index contributed by atoms with van der Waals surface area (Å²) in [7, 11) is 0. The largest absolute Gasteiger partial charge is 0.374 e. The van der Waals surface area contributed by atoms with E-state index in [1.54, 1.807) is 0 Å². The second-order valence-electron chi connectivity index (χ2n) is 8.66. The molecule has 2 aliphatic rings. The molecule has 2 aliphatic heterocycles. The fourth-order valence-electron chi connectivity index (χ4n) is 3.89. The molecule has 0 aliphatic carbocycles. The number of hydrogen-bond acceptors (Lipinski definition) is 4. The number of benzene rings is 3. The zero-order valence-corrected chi connectivity index (χ0v) is 18.4. The smallest absolute Gasteiger partial charge is 0.181 e. The Bertz CT molecular complexity index is 1010. The number of ether oxygens (including phenoxy) is 4. The van der Waals surface area contributed by atoms with Gasteiger partial charge in [-0.25, -0.2) is 0 Å². The molecule has 2 atom stereocenters. The van der Waals surface area contributed by atoms with Crippen molar-refractivity contribution in [1.29, 1.82) is 0 Å². The molecule has 0 saturated carbocycles. The summed E-state index contributed by atoms with van der Waals surface area (Å²) in [4.78, 5) is 0. The van der Waals surface area contributed by atoms with Crippen LogP contribution in [0.4, 0.5) is 0 Å². The molecule has 4 nitrogen and oxygen atoms in total. The summed E-state index contributed by atoms with van der Waals surface area (Å²) < 4.78 is 21.6. The van der Waals surface area contributed by atoms with Gasteiger partial charge in [-0.3, -0.25) is 0 Å². The summed E-state index contributed by atoms with van der Waals surface area (Å²) in [5, 5.41) is 0. The van der Waals surface area contributed by atoms with Crippen molar-refractivity contribution in [1.82, 2.24) is 0 Å². The van der Waals surface area contributed by atoms with E-state index in [1.165, 1.54) is 33.4 Å². The number of rotatable bonds is 12. The van der Waals surface area contributed by atoms with Crippen molar-refractivity contribution in [2.75, 3.05) is 26.4 Å². The topological polar surface area (TPSA) is 43.5 Å². The summed E-state index contributed by atoms with van der Waals surface area (Å²) in [6.45, 7) is 3.63. The maximum atomic E-state index is 5.74. The first-order valence-corrected chi connectivity index (χ1v) is 11.5. The Morgan fingerprint density at radius 1 is 0.688 bits per heavy atom. The van der Waals surface area contributed by atoms with Crippen LogP contribution in [0.5, 0.6) is 0 Å². The molecule has 0 radical (unpaired) electrons. The van der Waals surface area contributed by atoms with Gasteiger partial charge in [-0.15, -0.1) is 0 Å². The van der Waals surface area contributed by atoms with E-state index in [0.29, 0.717) is 25.9 Å². The van der Waals surface area contributed by atoms with E-state index in [-0.39, 0.29) is 6.29 Å². The highest BCUT2D eigenvalue weighted by Crippen LogP contribution is 2.18. The molecule has 2 unspecified atom stereocenters. The average Bonchev–Trinajstić information content (AvgIpc) is 3.72. The summed E-state index contributed by atoms with van der Waals surface area (Å²) >= 11 is 0. The molecular formula is C28H30O4. The Labute approximate surface area is 190 Å². The molecule has 2 fully saturated rings. The zero-order valence-electron chi connectivity index (χ0n) is 18.4. The molecule has 32 heavy (non-hydrogen) atoms. The van der Waals surface area contributed by atoms with E-state index in [4.69, 9.17) is 18.9 Å². The van der Waals surface area contributed by atoms with Crippen molar-refractivity contribution in [2.24, 2.45) is 0 Å².